The Hall–Kier alpha value is -3.01. The third-order valence-electron chi connectivity index (χ3n) is 8.03. The van der Waals surface area contributed by atoms with Gasteiger partial charge in [-0.2, -0.15) is 5.10 Å². The van der Waals surface area contributed by atoms with Crippen molar-refractivity contribution in [2.24, 2.45) is 0 Å². The van der Waals surface area contributed by atoms with E-state index in [-0.39, 0.29) is 11.1 Å². The van der Waals surface area contributed by atoms with E-state index in [1.54, 1.807) is 6.20 Å². The fraction of sp³-hybridized carbons (Fsp3) is 0.467. The molecule has 4 aromatic rings. The van der Waals surface area contributed by atoms with E-state index in [1.807, 2.05) is 48.8 Å². The summed E-state index contributed by atoms with van der Waals surface area (Å²) in [5, 5.41) is 8.66. The Balaban J connectivity index is 1.36. The van der Waals surface area contributed by atoms with Crippen LogP contribution < -0.4 is 10.1 Å². The minimum atomic E-state index is -1.79. The van der Waals surface area contributed by atoms with Gasteiger partial charge in [0.1, 0.15) is 22.5 Å². The number of rotatable bonds is 7. The van der Waals surface area contributed by atoms with E-state index < -0.39 is 8.32 Å². The second-order valence-electron chi connectivity index (χ2n) is 12.2. The highest BCUT2D eigenvalue weighted by Gasteiger charge is 2.40. The maximum absolute atomic E-state index is 6.69. The average molecular weight is 579 g/mol. The molecule has 0 saturated heterocycles. The van der Waals surface area contributed by atoms with Crippen LogP contribution in [0.3, 0.4) is 0 Å². The van der Waals surface area contributed by atoms with Gasteiger partial charge in [0.05, 0.1) is 17.8 Å². The maximum atomic E-state index is 6.69. The number of ether oxygens (including phenoxy) is 1. The Morgan fingerprint density at radius 2 is 1.70 bits per heavy atom. The van der Waals surface area contributed by atoms with Gasteiger partial charge < -0.3 is 14.5 Å². The van der Waals surface area contributed by atoms with Crippen molar-refractivity contribution in [2.45, 2.75) is 90.6 Å². The van der Waals surface area contributed by atoms with Crippen molar-refractivity contribution in [1.82, 2.24) is 24.6 Å². The van der Waals surface area contributed by atoms with Crippen molar-refractivity contribution >= 4 is 37.1 Å². The standard InChI is InChI=1S/C30H39ClN6O2Si/c1-19-15-28(34-20(2)33-19)35-29-17-25-23(9-8-14-37(25)36-29)24-16-27(31)32-18-26(24)38-21-10-12-22(13-11-21)39-40(6,7)30(3,4)5/h8-9,14-18,21-22H,10-13H2,1-7H3,(H,33,34,35,36). The monoisotopic (exact) mass is 578 g/mol. The Kier molecular flexibility index (Phi) is 7.91. The molecule has 0 atom stereocenters. The number of fused-ring (bicyclic) bond motifs is 1. The molecule has 212 valence electrons. The fourth-order valence-electron chi connectivity index (χ4n) is 4.98. The lowest BCUT2D eigenvalue weighted by molar-refractivity contribution is 0.0727. The summed E-state index contributed by atoms with van der Waals surface area (Å²) in [6.07, 6.45) is 7.97. The van der Waals surface area contributed by atoms with Crippen LogP contribution in [-0.4, -0.2) is 45.1 Å². The zero-order chi connectivity index (χ0) is 28.7. The van der Waals surface area contributed by atoms with E-state index in [4.69, 9.17) is 25.9 Å². The van der Waals surface area contributed by atoms with Crippen molar-refractivity contribution in [3.05, 3.63) is 59.4 Å². The second kappa shape index (κ2) is 11.1. The van der Waals surface area contributed by atoms with Crippen LogP contribution in [0.5, 0.6) is 5.75 Å². The Morgan fingerprint density at radius 3 is 2.40 bits per heavy atom. The van der Waals surface area contributed by atoms with Gasteiger partial charge in [-0.3, -0.25) is 0 Å². The summed E-state index contributed by atoms with van der Waals surface area (Å²) >= 11 is 6.39. The topological polar surface area (TPSA) is 86.5 Å². The van der Waals surface area contributed by atoms with Crippen LogP contribution in [-0.2, 0) is 4.43 Å². The molecule has 0 unspecified atom stereocenters. The first-order valence-corrected chi connectivity index (χ1v) is 17.2. The summed E-state index contributed by atoms with van der Waals surface area (Å²) in [5.74, 6) is 2.83. The van der Waals surface area contributed by atoms with Gasteiger partial charge in [-0.25, -0.2) is 19.5 Å². The summed E-state index contributed by atoms with van der Waals surface area (Å²) in [5.41, 5.74) is 3.68. The highest BCUT2D eigenvalue weighted by molar-refractivity contribution is 6.74. The van der Waals surface area contributed by atoms with Gasteiger partial charge in [0, 0.05) is 41.3 Å². The third-order valence-corrected chi connectivity index (χ3v) is 12.8. The van der Waals surface area contributed by atoms with Crippen molar-refractivity contribution < 1.29 is 9.16 Å². The number of aryl methyl sites for hydroxylation is 2. The Labute approximate surface area is 242 Å². The molecule has 0 aromatic carbocycles. The summed E-state index contributed by atoms with van der Waals surface area (Å²) < 4.78 is 15.1. The predicted octanol–water partition coefficient (Wildman–Crippen LogP) is 7.91. The van der Waals surface area contributed by atoms with E-state index in [9.17, 15) is 0 Å². The van der Waals surface area contributed by atoms with Gasteiger partial charge in [0.25, 0.3) is 0 Å². The first-order valence-electron chi connectivity index (χ1n) is 14.0. The van der Waals surface area contributed by atoms with Gasteiger partial charge in [-0.15, -0.1) is 0 Å². The Bertz CT molecular complexity index is 1490. The number of halogens is 1. The molecule has 40 heavy (non-hydrogen) atoms. The smallest absolute Gasteiger partial charge is 0.192 e. The van der Waals surface area contributed by atoms with Gasteiger partial charge in [-0.1, -0.05) is 38.4 Å². The zero-order valence-electron chi connectivity index (χ0n) is 24.5. The Morgan fingerprint density at radius 1 is 0.975 bits per heavy atom. The number of anilines is 2. The molecule has 1 N–H and O–H groups in total. The molecule has 0 spiro atoms. The number of aromatic nitrogens is 5. The van der Waals surface area contributed by atoms with Gasteiger partial charge >= 0.3 is 0 Å². The summed E-state index contributed by atoms with van der Waals surface area (Å²) in [4.78, 5) is 13.2. The van der Waals surface area contributed by atoms with Crippen LogP contribution in [0, 0.1) is 13.8 Å². The molecule has 0 bridgehead atoms. The maximum Gasteiger partial charge on any atom is 0.192 e. The molecule has 1 aliphatic rings. The minimum Gasteiger partial charge on any atom is -0.488 e. The molecule has 1 fully saturated rings. The number of pyridine rings is 2. The summed E-state index contributed by atoms with van der Waals surface area (Å²) in [6, 6.07) is 9.81. The molecule has 10 heteroatoms. The van der Waals surface area contributed by atoms with E-state index in [0.717, 1.165) is 53.8 Å². The first-order chi connectivity index (χ1) is 18.9. The molecule has 8 nitrogen and oxygen atoms in total. The molecule has 5 rings (SSSR count). The highest BCUT2D eigenvalue weighted by atomic mass is 35.5. The first kappa shape index (κ1) is 28.5. The SMILES string of the molecule is Cc1cc(Nc2cc3c(-c4cc(Cl)ncc4OC4CCC(O[Si](C)(C)C(C)(C)C)CC4)cccn3n2)nc(C)n1. The average Bonchev–Trinajstić information content (AvgIpc) is 3.27. The van der Waals surface area contributed by atoms with E-state index in [0.29, 0.717) is 28.7 Å². The molecule has 1 aliphatic carbocycles. The molecule has 0 radical (unpaired) electrons. The van der Waals surface area contributed by atoms with Crippen LogP contribution in [0.15, 0.2) is 42.7 Å². The fourth-order valence-corrected chi connectivity index (χ4v) is 6.56. The van der Waals surface area contributed by atoms with Crippen molar-refractivity contribution in [1.29, 1.82) is 0 Å². The highest BCUT2D eigenvalue weighted by Crippen LogP contribution is 2.40. The minimum absolute atomic E-state index is 0.104. The summed E-state index contributed by atoms with van der Waals surface area (Å²) in [7, 11) is -1.79. The van der Waals surface area contributed by atoms with E-state index >= 15 is 0 Å². The van der Waals surface area contributed by atoms with Crippen LogP contribution in [0.25, 0.3) is 16.6 Å². The van der Waals surface area contributed by atoms with Crippen LogP contribution in [0.4, 0.5) is 11.6 Å². The van der Waals surface area contributed by atoms with Gasteiger partial charge in [0.2, 0.25) is 0 Å². The number of nitrogens with zero attached hydrogens (tertiary/aromatic N) is 5. The van der Waals surface area contributed by atoms with E-state index in [1.165, 1.54) is 0 Å². The van der Waals surface area contributed by atoms with Crippen molar-refractivity contribution in [3.63, 3.8) is 0 Å². The number of hydrogen-bond acceptors (Lipinski definition) is 7. The lowest BCUT2D eigenvalue weighted by Crippen LogP contribution is -2.45. The quantitative estimate of drug-likeness (QED) is 0.176. The molecule has 4 aromatic heterocycles. The third kappa shape index (κ3) is 6.32. The molecular formula is C30H39ClN6O2Si. The molecule has 4 heterocycles. The molecular weight excluding hydrogens is 540 g/mol. The van der Waals surface area contributed by atoms with Gasteiger partial charge in [-0.05, 0) is 69.8 Å². The zero-order valence-corrected chi connectivity index (χ0v) is 26.2. The molecule has 0 amide bonds. The van der Waals surface area contributed by atoms with E-state index in [2.05, 4.69) is 60.2 Å². The molecule has 1 saturated carbocycles. The molecule has 0 aliphatic heterocycles. The number of hydrogen-bond donors (Lipinski definition) is 1. The normalized spacial score (nSPS) is 18.2. The predicted molar refractivity (Wildman–Crippen MR) is 163 cm³/mol. The van der Waals surface area contributed by atoms with Crippen LogP contribution in [0.1, 0.15) is 58.0 Å². The summed E-state index contributed by atoms with van der Waals surface area (Å²) in [6.45, 7) is 15.4. The van der Waals surface area contributed by atoms with Crippen molar-refractivity contribution in [2.75, 3.05) is 5.32 Å². The second-order valence-corrected chi connectivity index (χ2v) is 17.4. The van der Waals surface area contributed by atoms with Gasteiger partial charge in [0.15, 0.2) is 14.1 Å². The van der Waals surface area contributed by atoms with Crippen LogP contribution >= 0.6 is 11.6 Å². The largest absolute Gasteiger partial charge is 0.488 e. The van der Waals surface area contributed by atoms with Crippen molar-refractivity contribution in [3.8, 4) is 16.9 Å². The number of nitrogens with one attached hydrogen (secondary N) is 1. The lowest BCUT2D eigenvalue weighted by atomic mass is 9.95. The van der Waals surface area contributed by atoms with Crippen LogP contribution in [0.2, 0.25) is 23.3 Å². The lowest BCUT2D eigenvalue weighted by Gasteiger charge is -2.41.